The molecule has 5 atom stereocenters. The average Bonchev–Trinajstić information content (AvgIpc) is 3.42. The van der Waals surface area contributed by atoms with Gasteiger partial charge in [0.1, 0.15) is 0 Å². The van der Waals surface area contributed by atoms with E-state index in [9.17, 15) is 9.59 Å². The summed E-state index contributed by atoms with van der Waals surface area (Å²) in [6, 6.07) is 10.3. The van der Waals surface area contributed by atoms with E-state index in [1.807, 2.05) is 25.1 Å². The smallest absolute Gasteiger partial charge is 0.233 e. The van der Waals surface area contributed by atoms with Crippen LogP contribution < -0.4 is 10.6 Å². The number of imide groups is 1. The number of halogens is 1. The molecule has 30 heavy (non-hydrogen) atoms. The summed E-state index contributed by atoms with van der Waals surface area (Å²) in [5, 5.41) is 6.52. The van der Waals surface area contributed by atoms with Crippen LogP contribution in [0.4, 0.5) is 0 Å². The number of fused-ring (bicyclic) bond motifs is 5. The summed E-state index contributed by atoms with van der Waals surface area (Å²) in [7, 11) is 0. The first kappa shape index (κ1) is 22.8. The molecule has 1 aromatic carbocycles. The van der Waals surface area contributed by atoms with Crippen molar-refractivity contribution < 1.29 is 9.59 Å². The highest BCUT2D eigenvalue weighted by Crippen LogP contribution is 2.52. The van der Waals surface area contributed by atoms with Crippen LogP contribution in [0.25, 0.3) is 0 Å². The predicted molar refractivity (Wildman–Crippen MR) is 129 cm³/mol. The molecule has 0 radical (unpaired) electrons. The molecule has 5 unspecified atom stereocenters. The first-order valence-electron chi connectivity index (χ1n) is 10.7. The van der Waals surface area contributed by atoms with Gasteiger partial charge in [-0.3, -0.25) is 19.5 Å². The molecule has 162 valence electrons. The van der Waals surface area contributed by atoms with Crippen molar-refractivity contribution in [3.8, 4) is 0 Å². The van der Waals surface area contributed by atoms with E-state index in [2.05, 4.69) is 46.8 Å². The Morgan fingerprint density at radius 3 is 2.33 bits per heavy atom. The van der Waals surface area contributed by atoms with Gasteiger partial charge in [-0.1, -0.05) is 49.4 Å². The molecule has 1 saturated heterocycles. The van der Waals surface area contributed by atoms with E-state index in [4.69, 9.17) is 0 Å². The SMILES string of the molecule is CCNC(=NCC(C)c1ccccc1)NCCN1C(=O)C2C3C=CC(C3)C2C1=O.I. The number of rotatable bonds is 7. The normalized spacial score (nSPS) is 27.8. The topological polar surface area (TPSA) is 73.8 Å². The van der Waals surface area contributed by atoms with E-state index >= 15 is 0 Å². The lowest BCUT2D eigenvalue weighted by Crippen LogP contribution is -2.43. The van der Waals surface area contributed by atoms with E-state index in [0.717, 1.165) is 18.9 Å². The van der Waals surface area contributed by atoms with Crippen LogP contribution in [0.1, 0.15) is 31.7 Å². The van der Waals surface area contributed by atoms with Crippen molar-refractivity contribution in [3.63, 3.8) is 0 Å². The van der Waals surface area contributed by atoms with Gasteiger partial charge in [-0.25, -0.2) is 0 Å². The van der Waals surface area contributed by atoms with Crippen molar-refractivity contribution in [1.82, 2.24) is 15.5 Å². The van der Waals surface area contributed by atoms with E-state index in [0.29, 0.717) is 25.6 Å². The van der Waals surface area contributed by atoms with Crippen molar-refractivity contribution >= 4 is 41.8 Å². The second kappa shape index (κ2) is 9.94. The van der Waals surface area contributed by atoms with Crippen LogP contribution in [0, 0.1) is 23.7 Å². The van der Waals surface area contributed by atoms with Crippen LogP contribution in [0.5, 0.6) is 0 Å². The molecule has 2 fully saturated rings. The minimum absolute atomic E-state index is 0. The molecule has 1 aliphatic heterocycles. The van der Waals surface area contributed by atoms with Crippen LogP contribution >= 0.6 is 24.0 Å². The highest BCUT2D eigenvalue weighted by atomic mass is 127. The first-order valence-corrected chi connectivity index (χ1v) is 10.7. The molecule has 6 nitrogen and oxygen atoms in total. The van der Waals surface area contributed by atoms with Gasteiger partial charge in [-0.15, -0.1) is 24.0 Å². The predicted octanol–water partition coefficient (Wildman–Crippen LogP) is 2.77. The Labute approximate surface area is 195 Å². The number of aliphatic imine (C=N–C) groups is 1. The first-order chi connectivity index (χ1) is 14.1. The third-order valence-electron chi connectivity index (χ3n) is 6.43. The Kier molecular flexibility index (Phi) is 7.55. The molecule has 3 aliphatic rings. The Morgan fingerprint density at radius 2 is 1.73 bits per heavy atom. The fourth-order valence-electron chi connectivity index (χ4n) is 4.93. The van der Waals surface area contributed by atoms with Gasteiger partial charge in [-0.05, 0) is 30.7 Å². The van der Waals surface area contributed by atoms with Gasteiger partial charge in [0.2, 0.25) is 11.8 Å². The van der Waals surface area contributed by atoms with Crippen molar-refractivity contribution in [2.24, 2.45) is 28.7 Å². The summed E-state index contributed by atoms with van der Waals surface area (Å²) in [6.07, 6.45) is 5.22. The fraction of sp³-hybridized carbons (Fsp3) is 0.522. The minimum Gasteiger partial charge on any atom is -0.357 e. The molecule has 1 saturated carbocycles. The molecule has 1 aromatic rings. The van der Waals surface area contributed by atoms with Crippen LogP contribution in [-0.2, 0) is 9.59 Å². The number of guanidine groups is 1. The average molecular weight is 522 g/mol. The largest absolute Gasteiger partial charge is 0.357 e. The number of nitrogens with one attached hydrogen (secondary N) is 2. The van der Waals surface area contributed by atoms with Gasteiger partial charge in [0.25, 0.3) is 0 Å². The zero-order valence-electron chi connectivity index (χ0n) is 17.6. The van der Waals surface area contributed by atoms with Gasteiger partial charge in [-0.2, -0.15) is 0 Å². The summed E-state index contributed by atoms with van der Waals surface area (Å²) >= 11 is 0. The molecule has 2 amide bonds. The Bertz CT molecular complexity index is 796. The minimum atomic E-state index is -0.119. The lowest BCUT2D eigenvalue weighted by Gasteiger charge is -2.19. The van der Waals surface area contributed by atoms with E-state index < -0.39 is 0 Å². The lowest BCUT2D eigenvalue weighted by atomic mass is 9.85. The third kappa shape index (κ3) is 4.40. The molecule has 0 aromatic heterocycles. The maximum atomic E-state index is 12.8. The number of amides is 2. The molecule has 7 heteroatoms. The van der Waals surface area contributed by atoms with Gasteiger partial charge in [0.05, 0.1) is 11.8 Å². The van der Waals surface area contributed by atoms with Crippen LogP contribution in [0.2, 0.25) is 0 Å². The number of allylic oxidation sites excluding steroid dienone is 2. The molecule has 2 N–H and O–H groups in total. The summed E-state index contributed by atoms with van der Waals surface area (Å²) in [4.78, 5) is 31.7. The van der Waals surface area contributed by atoms with E-state index in [1.165, 1.54) is 10.5 Å². The highest BCUT2D eigenvalue weighted by Gasteiger charge is 2.58. The molecular formula is C23H31IN4O2. The molecule has 0 spiro atoms. The molecule has 1 heterocycles. The summed E-state index contributed by atoms with van der Waals surface area (Å²) in [5.41, 5.74) is 1.26. The summed E-state index contributed by atoms with van der Waals surface area (Å²) in [5.74, 6) is 1.34. The van der Waals surface area contributed by atoms with Gasteiger partial charge >= 0.3 is 0 Å². The maximum absolute atomic E-state index is 12.8. The van der Waals surface area contributed by atoms with Crippen molar-refractivity contribution in [2.75, 3.05) is 26.2 Å². The molecule has 2 aliphatic carbocycles. The zero-order chi connectivity index (χ0) is 20.4. The Hall–Kier alpha value is -1.90. The number of carbonyl (C=O) groups is 2. The quantitative estimate of drug-likeness (QED) is 0.190. The third-order valence-corrected chi connectivity index (χ3v) is 6.43. The monoisotopic (exact) mass is 522 g/mol. The number of hydrogen-bond donors (Lipinski definition) is 2. The highest BCUT2D eigenvalue weighted by molar-refractivity contribution is 14.0. The van der Waals surface area contributed by atoms with Gasteiger partial charge in [0.15, 0.2) is 5.96 Å². The molecular weight excluding hydrogens is 491 g/mol. The van der Waals surface area contributed by atoms with Crippen LogP contribution in [0.15, 0.2) is 47.5 Å². The molecule has 2 bridgehead atoms. The van der Waals surface area contributed by atoms with Crippen molar-refractivity contribution in [1.29, 1.82) is 0 Å². The number of likely N-dealkylation sites (tertiary alicyclic amines) is 1. The molecule has 4 rings (SSSR count). The van der Waals surface area contributed by atoms with E-state index in [1.54, 1.807) is 0 Å². The zero-order valence-corrected chi connectivity index (χ0v) is 19.9. The number of carbonyl (C=O) groups excluding carboxylic acids is 2. The standard InChI is InChI=1S/C23H30N4O2.HI/c1-3-24-23(26-14-15(2)16-7-5-4-6-8-16)25-11-12-27-21(28)19-17-9-10-18(13-17)20(19)22(27)29;/h4-10,15,17-20H,3,11-14H2,1-2H3,(H2,24,25,26);1H. The number of hydrogen-bond acceptors (Lipinski definition) is 3. The van der Waals surface area contributed by atoms with Gasteiger partial charge < -0.3 is 10.6 Å². The summed E-state index contributed by atoms with van der Waals surface area (Å²) < 4.78 is 0. The second-order valence-corrected chi connectivity index (χ2v) is 8.29. The maximum Gasteiger partial charge on any atom is 0.233 e. The van der Waals surface area contributed by atoms with Crippen LogP contribution in [0.3, 0.4) is 0 Å². The number of benzene rings is 1. The Balaban J connectivity index is 0.00000256. The second-order valence-electron chi connectivity index (χ2n) is 8.29. The summed E-state index contributed by atoms with van der Waals surface area (Å²) in [6.45, 7) is 6.50. The fourth-order valence-corrected chi connectivity index (χ4v) is 4.93. The van der Waals surface area contributed by atoms with Gasteiger partial charge in [0, 0.05) is 32.1 Å². The Morgan fingerprint density at radius 1 is 1.10 bits per heavy atom. The van der Waals surface area contributed by atoms with Crippen molar-refractivity contribution in [2.45, 2.75) is 26.2 Å². The van der Waals surface area contributed by atoms with E-state index in [-0.39, 0.29) is 59.5 Å². The number of nitrogens with zero attached hydrogens (tertiary/aromatic N) is 2. The van der Waals surface area contributed by atoms with Crippen molar-refractivity contribution in [3.05, 3.63) is 48.0 Å². The van der Waals surface area contributed by atoms with Crippen LogP contribution in [-0.4, -0.2) is 48.9 Å². The lowest BCUT2D eigenvalue weighted by molar-refractivity contribution is -0.140.